The average Bonchev–Trinajstić information content (AvgIpc) is 2.17. The molecule has 0 aromatic heterocycles. The van der Waals surface area contributed by atoms with E-state index in [9.17, 15) is 0 Å². The van der Waals surface area contributed by atoms with Crippen LogP contribution in [0.15, 0.2) is 18.2 Å². The minimum atomic E-state index is 0.134. The molecule has 0 bridgehead atoms. The average molecular weight is 176 g/mol. The Morgan fingerprint density at radius 2 is 2.23 bits per heavy atom. The summed E-state index contributed by atoms with van der Waals surface area (Å²) in [4.78, 5) is 0. The van der Waals surface area contributed by atoms with E-state index < -0.39 is 0 Å². The Morgan fingerprint density at radius 3 is 3.00 bits per heavy atom. The molecule has 0 fully saturated rings. The molecule has 13 heavy (non-hydrogen) atoms. The lowest BCUT2D eigenvalue weighted by atomic mass is 10.00. The number of nitrogens with one attached hydrogen (secondary N) is 1. The number of ether oxygens (including phenoxy) is 1. The van der Waals surface area contributed by atoms with Gasteiger partial charge in [-0.15, -0.1) is 0 Å². The highest BCUT2D eigenvalue weighted by Gasteiger charge is 2.09. The maximum Gasteiger partial charge on any atom is 0.122 e. The van der Waals surface area contributed by atoms with Gasteiger partial charge in [-0.1, -0.05) is 12.1 Å². The predicted octanol–water partition coefficient (Wildman–Crippen LogP) is 1.04. The number of hydrogen-bond acceptors (Lipinski definition) is 2. The lowest BCUT2D eigenvalue weighted by Crippen LogP contribution is -2.14. The third-order valence-electron chi connectivity index (χ3n) is 2.29. The predicted molar refractivity (Wildman–Crippen MR) is 50.8 cm³/mol. The van der Waals surface area contributed by atoms with Crippen LogP contribution in [0.3, 0.4) is 0 Å². The maximum absolute atomic E-state index is 7.30. The molecule has 0 spiro atoms. The molecule has 2 rings (SSSR count). The van der Waals surface area contributed by atoms with Crippen molar-refractivity contribution >= 4 is 5.84 Å². The molecule has 0 unspecified atom stereocenters. The zero-order chi connectivity index (χ0) is 9.26. The van der Waals surface area contributed by atoms with Crippen molar-refractivity contribution in [2.24, 2.45) is 5.73 Å². The van der Waals surface area contributed by atoms with Crippen molar-refractivity contribution in [3.63, 3.8) is 0 Å². The summed E-state index contributed by atoms with van der Waals surface area (Å²) in [6, 6.07) is 5.85. The Kier molecular flexibility index (Phi) is 2.02. The molecule has 0 saturated heterocycles. The fourth-order valence-electron chi connectivity index (χ4n) is 1.53. The second-order valence-corrected chi connectivity index (χ2v) is 3.20. The van der Waals surface area contributed by atoms with Crippen molar-refractivity contribution in [1.29, 1.82) is 5.41 Å². The van der Waals surface area contributed by atoms with E-state index in [1.54, 1.807) is 0 Å². The molecule has 0 radical (unpaired) electrons. The van der Waals surface area contributed by atoms with Gasteiger partial charge in [-0.2, -0.15) is 0 Å². The smallest absolute Gasteiger partial charge is 0.122 e. The van der Waals surface area contributed by atoms with E-state index in [0.29, 0.717) is 6.61 Å². The Morgan fingerprint density at radius 1 is 1.38 bits per heavy atom. The summed E-state index contributed by atoms with van der Waals surface area (Å²) in [7, 11) is 0. The Hall–Kier alpha value is -1.35. The molecular weight excluding hydrogens is 164 g/mol. The molecule has 0 atom stereocenters. The van der Waals surface area contributed by atoms with Crippen LogP contribution >= 0.6 is 0 Å². The standard InChI is InChI=1S/C10H12N2O/c11-10(12)8-1-2-9-6-13-4-3-7(9)5-8/h1-2,5H,3-4,6H2,(H3,11,12). The molecule has 68 valence electrons. The molecule has 0 aliphatic carbocycles. The van der Waals surface area contributed by atoms with Gasteiger partial charge in [0.1, 0.15) is 5.84 Å². The van der Waals surface area contributed by atoms with Crippen molar-refractivity contribution in [1.82, 2.24) is 0 Å². The first-order valence-corrected chi connectivity index (χ1v) is 4.31. The number of hydrogen-bond donors (Lipinski definition) is 2. The number of nitrogens with two attached hydrogens (primary N) is 1. The van der Waals surface area contributed by atoms with Crippen LogP contribution in [0.5, 0.6) is 0 Å². The Bertz CT molecular complexity index is 347. The first-order valence-electron chi connectivity index (χ1n) is 4.31. The molecule has 0 saturated carbocycles. The zero-order valence-corrected chi connectivity index (χ0v) is 7.34. The number of benzene rings is 1. The number of rotatable bonds is 1. The van der Waals surface area contributed by atoms with Gasteiger partial charge in [0.05, 0.1) is 13.2 Å². The summed E-state index contributed by atoms with van der Waals surface area (Å²) >= 11 is 0. The topological polar surface area (TPSA) is 59.1 Å². The molecule has 1 aliphatic rings. The normalized spacial score (nSPS) is 15.1. The van der Waals surface area contributed by atoms with Crippen molar-refractivity contribution in [2.45, 2.75) is 13.0 Å². The highest BCUT2D eigenvalue weighted by molar-refractivity contribution is 5.95. The molecular formula is C10H12N2O. The van der Waals surface area contributed by atoms with Crippen LogP contribution in [-0.2, 0) is 17.8 Å². The third-order valence-corrected chi connectivity index (χ3v) is 2.29. The van der Waals surface area contributed by atoms with E-state index >= 15 is 0 Å². The van der Waals surface area contributed by atoms with Crippen LogP contribution in [0.25, 0.3) is 0 Å². The van der Waals surface area contributed by atoms with Gasteiger partial charge < -0.3 is 10.5 Å². The summed E-state index contributed by atoms with van der Waals surface area (Å²) < 4.78 is 5.31. The maximum atomic E-state index is 7.30. The van der Waals surface area contributed by atoms with E-state index in [4.69, 9.17) is 15.9 Å². The Balaban J connectivity index is 2.40. The number of amidine groups is 1. The number of nitrogen functional groups attached to an aromatic ring is 1. The van der Waals surface area contributed by atoms with E-state index in [0.717, 1.165) is 18.6 Å². The fraction of sp³-hybridized carbons (Fsp3) is 0.300. The molecule has 0 amide bonds. The van der Waals surface area contributed by atoms with Gasteiger partial charge in [0.15, 0.2) is 0 Å². The SMILES string of the molecule is N=C(N)c1ccc2c(c1)CCOC2. The van der Waals surface area contributed by atoms with Gasteiger partial charge in [0.2, 0.25) is 0 Å². The summed E-state index contributed by atoms with van der Waals surface area (Å²) in [6.45, 7) is 1.46. The second-order valence-electron chi connectivity index (χ2n) is 3.20. The lowest BCUT2D eigenvalue weighted by molar-refractivity contribution is 0.111. The van der Waals surface area contributed by atoms with Crippen LogP contribution < -0.4 is 5.73 Å². The van der Waals surface area contributed by atoms with Crippen LogP contribution in [0.4, 0.5) is 0 Å². The van der Waals surface area contributed by atoms with Crippen molar-refractivity contribution in [3.05, 3.63) is 34.9 Å². The summed E-state index contributed by atoms with van der Waals surface area (Å²) in [6.07, 6.45) is 0.927. The zero-order valence-electron chi connectivity index (χ0n) is 7.34. The van der Waals surface area contributed by atoms with E-state index in [1.165, 1.54) is 11.1 Å². The molecule has 3 nitrogen and oxygen atoms in total. The first kappa shape index (κ1) is 8.26. The fourth-order valence-corrected chi connectivity index (χ4v) is 1.53. The number of fused-ring (bicyclic) bond motifs is 1. The van der Waals surface area contributed by atoms with E-state index in [2.05, 4.69) is 0 Å². The van der Waals surface area contributed by atoms with Gasteiger partial charge in [0.25, 0.3) is 0 Å². The van der Waals surface area contributed by atoms with E-state index in [-0.39, 0.29) is 5.84 Å². The van der Waals surface area contributed by atoms with Gasteiger partial charge in [-0.25, -0.2) is 0 Å². The van der Waals surface area contributed by atoms with Gasteiger partial charge in [0, 0.05) is 5.56 Å². The first-order chi connectivity index (χ1) is 6.27. The summed E-state index contributed by atoms with van der Waals surface area (Å²) in [5.74, 6) is 0.134. The highest BCUT2D eigenvalue weighted by atomic mass is 16.5. The van der Waals surface area contributed by atoms with Gasteiger partial charge >= 0.3 is 0 Å². The highest BCUT2D eigenvalue weighted by Crippen LogP contribution is 2.17. The molecule has 1 aromatic rings. The molecule has 1 aromatic carbocycles. The molecule has 1 aliphatic heterocycles. The molecule has 1 heterocycles. The minimum Gasteiger partial charge on any atom is -0.384 e. The monoisotopic (exact) mass is 176 g/mol. The minimum absolute atomic E-state index is 0.134. The van der Waals surface area contributed by atoms with Crippen LogP contribution in [0.1, 0.15) is 16.7 Å². The lowest BCUT2D eigenvalue weighted by Gasteiger charge is -2.16. The third kappa shape index (κ3) is 1.55. The van der Waals surface area contributed by atoms with Crippen LogP contribution in [-0.4, -0.2) is 12.4 Å². The Labute approximate surface area is 77.0 Å². The quantitative estimate of drug-likeness (QED) is 0.496. The van der Waals surface area contributed by atoms with Gasteiger partial charge in [-0.05, 0) is 23.6 Å². The van der Waals surface area contributed by atoms with Crippen molar-refractivity contribution < 1.29 is 4.74 Å². The summed E-state index contributed by atoms with van der Waals surface area (Å²) in [5, 5.41) is 7.30. The van der Waals surface area contributed by atoms with Crippen LogP contribution in [0.2, 0.25) is 0 Å². The summed E-state index contributed by atoms with van der Waals surface area (Å²) in [5.41, 5.74) is 8.69. The largest absolute Gasteiger partial charge is 0.384 e. The van der Waals surface area contributed by atoms with Gasteiger partial charge in [-0.3, -0.25) is 5.41 Å². The van der Waals surface area contributed by atoms with E-state index in [1.807, 2.05) is 18.2 Å². The molecule has 3 heteroatoms. The second kappa shape index (κ2) is 3.18. The van der Waals surface area contributed by atoms with Crippen molar-refractivity contribution in [2.75, 3.05) is 6.61 Å². The molecule has 3 N–H and O–H groups in total. The van der Waals surface area contributed by atoms with Crippen LogP contribution in [0, 0.1) is 5.41 Å². The van der Waals surface area contributed by atoms with Crippen molar-refractivity contribution in [3.8, 4) is 0 Å².